The van der Waals surface area contributed by atoms with Crippen LogP contribution in [0.25, 0.3) is 0 Å². The summed E-state index contributed by atoms with van der Waals surface area (Å²) >= 11 is 0. The smallest absolute Gasteiger partial charge is 0.311 e. The summed E-state index contributed by atoms with van der Waals surface area (Å²) in [6.45, 7) is 3.95. The van der Waals surface area contributed by atoms with Gasteiger partial charge in [0.05, 0.1) is 12.0 Å². The van der Waals surface area contributed by atoms with Crippen LogP contribution in [0.15, 0.2) is 54.6 Å². The second-order valence-electron chi connectivity index (χ2n) is 5.32. The molecule has 3 nitrogen and oxygen atoms in total. The molecule has 0 bridgehead atoms. The fraction of sp³-hybridized carbons (Fsp3) is 0.278. The molecule has 0 saturated heterocycles. The lowest BCUT2D eigenvalue weighted by molar-refractivity contribution is -0.138. The van der Waals surface area contributed by atoms with Crippen molar-refractivity contribution in [2.75, 3.05) is 0 Å². The molecule has 0 amide bonds. The van der Waals surface area contributed by atoms with Gasteiger partial charge in [0.2, 0.25) is 0 Å². The molecular weight excluding hydrogens is 264 g/mol. The van der Waals surface area contributed by atoms with E-state index in [1.807, 2.05) is 68.4 Å². The second kappa shape index (κ2) is 6.93. The molecule has 0 aliphatic heterocycles. The van der Waals surface area contributed by atoms with Crippen LogP contribution in [0.1, 0.15) is 30.9 Å². The standard InChI is InChI=1S/C18H20O3/c1-13(2)21-16-10-8-14(9-11-16)12-17(18(19)20)15-6-4-3-5-7-15/h3-11,13,17H,12H2,1-2H3,(H,19,20). The molecule has 0 heterocycles. The topological polar surface area (TPSA) is 46.5 Å². The normalized spacial score (nSPS) is 12.1. The van der Waals surface area contributed by atoms with E-state index < -0.39 is 11.9 Å². The molecule has 0 aliphatic rings. The van der Waals surface area contributed by atoms with Gasteiger partial charge in [-0.15, -0.1) is 0 Å². The molecule has 1 N–H and O–H groups in total. The molecule has 0 aliphatic carbocycles. The lowest BCUT2D eigenvalue weighted by Crippen LogP contribution is -2.14. The van der Waals surface area contributed by atoms with E-state index in [9.17, 15) is 9.90 Å². The molecule has 1 unspecified atom stereocenters. The number of carboxylic acids is 1. The highest BCUT2D eigenvalue weighted by atomic mass is 16.5. The largest absolute Gasteiger partial charge is 0.491 e. The molecule has 0 saturated carbocycles. The summed E-state index contributed by atoms with van der Waals surface area (Å²) in [5.74, 6) is -0.521. The molecule has 21 heavy (non-hydrogen) atoms. The molecule has 2 aromatic rings. The Hall–Kier alpha value is -2.29. The van der Waals surface area contributed by atoms with Crippen molar-refractivity contribution in [3.05, 3.63) is 65.7 Å². The van der Waals surface area contributed by atoms with Crippen LogP contribution < -0.4 is 4.74 Å². The Morgan fingerprint density at radius 2 is 1.67 bits per heavy atom. The van der Waals surface area contributed by atoms with Gasteiger partial charge in [0.15, 0.2) is 0 Å². The zero-order valence-corrected chi connectivity index (χ0v) is 12.3. The van der Waals surface area contributed by atoms with Crippen LogP contribution in [0.4, 0.5) is 0 Å². The molecule has 2 rings (SSSR count). The van der Waals surface area contributed by atoms with Crippen LogP contribution >= 0.6 is 0 Å². The molecule has 110 valence electrons. The van der Waals surface area contributed by atoms with Crippen molar-refractivity contribution in [3.63, 3.8) is 0 Å². The Morgan fingerprint density at radius 3 is 2.19 bits per heavy atom. The van der Waals surface area contributed by atoms with Crippen LogP contribution in [0, 0.1) is 0 Å². The van der Waals surface area contributed by atoms with Gasteiger partial charge in [-0.1, -0.05) is 42.5 Å². The summed E-state index contributed by atoms with van der Waals surface area (Å²) < 4.78 is 5.59. The molecule has 3 heteroatoms. The van der Waals surface area contributed by atoms with Gasteiger partial charge < -0.3 is 9.84 Å². The third-order valence-electron chi connectivity index (χ3n) is 3.24. The summed E-state index contributed by atoms with van der Waals surface area (Å²) in [6.07, 6.45) is 0.605. The maximum absolute atomic E-state index is 11.5. The first kappa shape index (κ1) is 15.1. The van der Waals surface area contributed by atoms with Gasteiger partial charge in [-0.25, -0.2) is 0 Å². The first-order chi connectivity index (χ1) is 10.1. The number of aliphatic carboxylic acids is 1. The van der Waals surface area contributed by atoms with E-state index in [1.54, 1.807) is 0 Å². The van der Waals surface area contributed by atoms with E-state index in [0.717, 1.165) is 16.9 Å². The number of hydrogen-bond donors (Lipinski definition) is 1. The van der Waals surface area contributed by atoms with Crippen molar-refractivity contribution in [3.8, 4) is 5.75 Å². The number of carbonyl (C=O) groups is 1. The van der Waals surface area contributed by atoms with E-state index in [0.29, 0.717) is 6.42 Å². The average Bonchev–Trinajstić information content (AvgIpc) is 2.46. The molecule has 0 radical (unpaired) electrons. The molecule has 0 aromatic heterocycles. The number of ether oxygens (including phenoxy) is 1. The third kappa shape index (κ3) is 4.35. The van der Waals surface area contributed by atoms with Crippen LogP contribution in [0.2, 0.25) is 0 Å². The number of carboxylic acid groups (broad SMARTS) is 1. The first-order valence-electron chi connectivity index (χ1n) is 7.09. The van der Waals surface area contributed by atoms with Crippen molar-refractivity contribution in [1.82, 2.24) is 0 Å². The minimum atomic E-state index is -0.802. The van der Waals surface area contributed by atoms with E-state index in [-0.39, 0.29) is 6.10 Å². The van der Waals surface area contributed by atoms with Crippen molar-refractivity contribution in [2.24, 2.45) is 0 Å². The summed E-state index contributed by atoms with van der Waals surface area (Å²) in [7, 11) is 0. The van der Waals surface area contributed by atoms with Crippen molar-refractivity contribution in [2.45, 2.75) is 32.3 Å². The van der Waals surface area contributed by atoms with Gasteiger partial charge >= 0.3 is 5.97 Å². The second-order valence-corrected chi connectivity index (χ2v) is 5.32. The highest BCUT2D eigenvalue weighted by molar-refractivity contribution is 5.76. The van der Waals surface area contributed by atoms with Crippen LogP contribution in [0.5, 0.6) is 5.75 Å². The molecular formula is C18H20O3. The highest BCUT2D eigenvalue weighted by Crippen LogP contribution is 2.23. The molecule has 0 fully saturated rings. The molecule has 0 spiro atoms. The SMILES string of the molecule is CC(C)Oc1ccc(CC(C(=O)O)c2ccccc2)cc1. The van der Waals surface area contributed by atoms with Crippen LogP contribution in [-0.2, 0) is 11.2 Å². The van der Waals surface area contributed by atoms with E-state index in [2.05, 4.69) is 0 Å². The van der Waals surface area contributed by atoms with Crippen molar-refractivity contribution < 1.29 is 14.6 Å². The van der Waals surface area contributed by atoms with Crippen molar-refractivity contribution in [1.29, 1.82) is 0 Å². The van der Waals surface area contributed by atoms with Gasteiger partial charge in [0, 0.05) is 0 Å². The van der Waals surface area contributed by atoms with Gasteiger partial charge in [-0.3, -0.25) is 4.79 Å². The minimum Gasteiger partial charge on any atom is -0.491 e. The van der Waals surface area contributed by atoms with E-state index >= 15 is 0 Å². The first-order valence-corrected chi connectivity index (χ1v) is 7.09. The summed E-state index contributed by atoms with van der Waals surface area (Å²) in [5.41, 5.74) is 1.81. The number of hydrogen-bond acceptors (Lipinski definition) is 2. The number of benzene rings is 2. The van der Waals surface area contributed by atoms with Crippen LogP contribution in [-0.4, -0.2) is 17.2 Å². The van der Waals surface area contributed by atoms with Gasteiger partial charge in [-0.05, 0) is 43.5 Å². The Morgan fingerprint density at radius 1 is 1.05 bits per heavy atom. The Balaban J connectivity index is 2.13. The zero-order chi connectivity index (χ0) is 15.2. The zero-order valence-electron chi connectivity index (χ0n) is 12.3. The summed E-state index contributed by atoms with van der Waals surface area (Å²) in [4.78, 5) is 11.5. The predicted octanol–water partition coefficient (Wildman–Crippen LogP) is 3.88. The van der Waals surface area contributed by atoms with E-state index in [1.165, 1.54) is 0 Å². The summed E-state index contributed by atoms with van der Waals surface area (Å²) in [5, 5.41) is 9.44. The molecule has 1 atom stereocenters. The lowest BCUT2D eigenvalue weighted by atomic mass is 9.92. The maximum atomic E-state index is 11.5. The number of rotatable bonds is 6. The van der Waals surface area contributed by atoms with Gasteiger partial charge in [0.25, 0.3) is 0 Å². The average molecular weight is 284 g/mol. The third-order valence-corrected chi connectivity index (χ3v) is 3.24. The van der Waals surface area contributed by atoms with Gasteiger partial charge in [0.1, 0.15) is 5.75 Å². The Bertz CT molecular complexity index is 573. The Kier molecular flexibility index (Phi) is 4.99. The highest BCUT2D eigenvalue weighted by Gasteiger charge is 2.19. The summed E-state index contributed by atoms with van der Waals surface area (Å²) in [6, 6.07) is 17.0. The lowest BCUT2D eigenvalue weighted by Gasteiger charge is -2.14. The maximum Gasteiger partial charge on any atom is 0.311 e. The quantitative estimate of drug-likeness (QED) is 0.875. The minimum absolute atomic E-state index is 0.131. The fourth-order valence-electron chi connectivity index (χ4n) is 2.25. The van der Waals surface area contributed by atoms with Gasteiger partial charge in [-0.2, -0.15) is 0 Å². The van der Waals surface area contributed by atoms with Crippen LogP contribution in [0.3, 0.4) is 0 Å². The monoisotopic (exact) mass is 284 g/mol. The molecule has 2 aromatic carbocycles. The van der Waals surface area contributed by atoms with Crippen molar-refractivity contribution >= 4 is 5.97 Å². The fourth-order valence-corrected chi connectivity index (χ4v) is 2.25. The van der Waals surface area contributed by atoms with E-state index in [4.69, 9.17) is 4.74 Å². The predicted molar refractivity (Wildman–Crippen MR) is 82.7 cm³/mol. The Labute approximate surface area is 125 Å².